The first kappa shape index (κ1) is 27.6. The topological polar surface area (TPSA) is 61.0 Å². The Balaban J connectivity index is 1.28. The number of amides is 1. The summed E-state index contributed by atoms with van der Waals surface area (Å²) in [5, 5.41) is 0.806. The van der Waals surface area contributed by atoms with Gasteiger partial charge in [0.2, 0.25) is 0 Å². The third kappa shape index (κ3) is 6.11. The Morgan fingerprint density at radius 3 is 2.33 bits per heavy atom. The molecule has 0 radical (unpaired) electrons. The van der Waals surface area contributed by atoms with E-state index in [1.54, 1.807) is 0 Å². The van der Waals surface area contributed by atoms with Crippen molar-refractivity contribution < 1.29 is 4.79 Å². The number of aromatic nitrogens is 1. The third-order valence-corrected chi connectivity index (χ3v) is 8.56. The standard InChI is InChI=1S/C31H41ClN6O/c1-24-22-36(27-9-4-3-5-10-27)19-20-37(24)31(39)30-21-26(25(2)38(30)14-8-13-33)23-34-15-17-35(18-16-34)29-12-7-6-11-28(29)32/h3-7,9-12,21,24H,8,13-20,22-23,33H2,1-2H3/t24-/m0/s1. The number of carbonyl (C=O) groups excluding carboxylic acids is 1. The number of nitrogens with two attached hydrogens (primary N) is 1. The molecule has 2 aromatic carbocycles. The van der Waals surface area contributed by atoms with E-state index < -0.39 is 0 Å². The van der Waals surface area contributed by atoms with Crippen LogP contribution < -0.4 is 15.5 Å². The molecular weight excluding hydrogens is 508 g/mol. The van der Waals surface area contributed by atoms with Crippen LogP contribution in [0.3, 0.4) is 0 Å². The van der Waals surface area contributed by atoms with Crippen LogP contribution in [0.15, 0.2) is 60.7 Å². The lowest BCUT2D eigenvalue weighted by Gasteiger charge is -2.41. The summed E-state index contributed by atoms with van der Waals surface area (Å²) in [6.07, 6.45) is 0.850. The second kappa shape index (κ2) is 12.5. The van der Waals surface area contributed by atoms with Crippen molar-refractivity contribution in [2.45, 2.75) is 39.4 Å². The molecule has 3 heterocycles. The number of carbonyl (C=O) groups is 1. The molecule has 2 aliphatic heterocycles. The molecule has 7 nitrogen and oxygen atoms in total. The Hall–Kier alpha value is -3.00. The molecule has 2 saturated heterocycles. The zero-order valence-corrected chi connectivity index (χ0v) is 24.0. The van der Waals surface area contributed by atoms with Crippen LogP contribution in [-0.4, -0.2) is 78.7 Å². The number of benzene rings is 2. The summed E-state index contributed by atoms with van der Waals surface area (Å²) < 4.78 is 2.21. The predicted molar refractivity (Wildman–Crippen MR) is 161 cm³/mol. The van der Waals surface area contributed by atoms with E-state index in [-0.39, 0.29) is 11.9 Å². The summed E-state index contributed by atoms with van der Waals surface area (Å²) in [4.78, 5) is 23.2. The Morgan fingerprint density at radius 2 is 1.64 bits per heavy atom. The van der Waals surface area contributed by atoms with E-state index in [4.69, 9.17) is 17.3 Å². The molecule has 3 aromatic rings. The highest BCUT2D eigenvalue weighted by Gasteiger charge is 2.31. The van der Waals surface area contributed by atoms with E-state index in [9.17, 15) is 4.79 Å². The molecule has 5 rings (SSSR count). The fraction of sp³-hybridized carbons (Fsp3) is 0.452. The van der Waals surface area contributed by atoms with Crippen molar-refractivity contribution in [2.75, 3.05) is 62.2 Å². The van der Waals surface area contributed by atoms with Crippen LogP contribution in [0, 0.1) is 6.92 Å². The summed E-state index contributed by atoms with van der Waals surface area (Å²) in [6, 6.07) is 20.8. The predicted octanol–water partition coefficient (Wildman–Crippen LogP) is 4.47. The number of piperazine rings is 2. The van der Waals surface area contributed by atoms with Gasteiger partial charge in [-0.1, -0.05) is 41.9 Å². The van der Waals surface area contributed by atoms with Gasteiger partial charge in [0.15, 0.2) is 0 Å². The summed E-state index contributed by atoms with van der Waals surface area (Å²) in [5.74, 6) is 0.130. The van der Waals surface area contributed by atoms with Crippen LogP contribution in [0.2, 0.25) is 5.02 Å². The highest BCUT2D eigenvalue weighted by Crippen LogP contribution is 2.28. The summed E-state index contributed by atoms with van der Waals surface area (Å²) >= 11 is 6.44. The van der Waals surface area contributed by atoms with Crippen LogP contribution >= 0.6 is 11.6 Å². The lowest BCUT2D eigenvalue weighted by molar-refractivity contribution is 0.0662. The van der Waals surface area contributed by atoms with Gasteiger partial charge in [-0.15, -0.1) is 0 Å². The van der Waals surface area contributed by atoms with Gasteiger partial charge in [0.25, 0.3) is 5.91 Å². The number of para-hydroxylation sites is 2. The van der Waals surface area contributed by atoms with Crippen molar-refractivity contribution in [3.8, 4) is 0 Å². The SMILES string of the molecule is Cc1c(CN2CCN(c3ccccc3Cl)CC2)cc(C(=O)N2CCN(c3ccccc3)C[C@@H]2C)n1CCCN. The normalized spacial score (nSPS) is 18.6. The first-order chi connectivity index (χ1) is 19.0. The molecule has 0 bridgehead atoms. The van der Waals surface area contributed by atoms with Gasteiger partial charge in [-0.05, 0) is 62.7 Å². The van der Waals surface area contributed by atoms with Crippen LogP contribution in [0.1, 0.15) is 35.1 Å². The molecule has 2 fully saturated rings. The zero-order valence-electron chi connectivity index (χ0n) is 23.2. The lowest BCUT2D eigenvalue weighted by atomic mass is 10.1. The highest BCUT2D eigenvalue weighted by molar-refractivity contribution is 6.33. The summed E-state index contributed by atoms with van der Waals surface area (Å²) in [6.45, 7) is 12.7. The van der Waals surface area contributed by atoms with Crippen molar-refractivity contribution in [3.63, 3.8) is 0 Å². The average molecular weight is 549 g/mol. The summed E-state index contributed by atoms with van der Waals surface area (Å²) in [7, 11) is 0. The molecular formula is C31H41ClN6O. The van der Waals surface area contributed by atoms with Crippen LogP contribution in [0.25, 0.3) is 0 Å². The van der Waals surface area contributed by atoms with Gasteiger partial charge in [0, 0.05) is 76.3 Å². The summed E-state index contributed by atoms with van der Waals surface area (Å²) in [5.41, 5.74) is 11.4. The van der Waals surface area contributed by atoms with Gasteiger partial charge in [-0.3, -0.25) is 9.69 Å². The fourth-order valence-corrected chi connectivity index (χ4v) is 6.21. The fourth-order valence-electron chi connectivity index (χ4n) is 5.95. The largest absolute Gasteiger partial charge is 0.368 e. The highest BCUT2D eigenvalue weighted by atomic mass is 35.5. The Morgan fingerprint density at radius 1 is 0.949 bits per heavy atom. The first-order valence-electron chi connectivity index (χ1n) is 14.2. The van der Waals surface area contributed by atoms with E-state index in [1.807, 2.05) is 24.3 Å². The van der Waals surface area contributed by atoms with E-state index in [0.29, 0.717) is 6.54 Å². The van der Waals surface area contributed by atoms with Gasteiger partial charge in [0.1, 0.15) is 5.69 Å². The molecule has 0 saturated carbocycles. The molecule has 0 aliphatic carbocycles. The zero-order chi connectivity index (χ0) is 27.4. The smallest absolute Gasteiger partial charge is 0.270 e. The quantitative estimate of drug-likeness (QED) is 0.450. The van der Waals surface area contributed by atoms with Gasteiger partial charge < -0.3 is 25.0 Å². The van der Waals surface area contributed by atoms with Crippen molar-refractivity contribution in [1.82, 2.24) is 14.4 Å². The molecule has 8 heteroatoms. The van der Waals surface area contributed by atoms with E-state index in [2.05, 4.69) is 74.4 Å². The van der Waals surface area contributed by atoms with Gasteiger partial charge in [-0.2, -0.15) is 0 Å². The van der Waals surface area contributed by atoms with Gasteiger partial charge in [0.05, 0.1) is 10.7 Å². The molecule has 2 N–H and O–H groups in total. The van der Waals surface area contributed by atoms with E-state index in [1.165, 1.54) is 16.9 Å². The maximum Gasteiger partial charge on any atom is 0.270 e. The van der Waals surface area contributed by atoms with Gasteiger partial charge >= 0.3 is 0 Å². The first-order valence-corrected chi connectivity index (χ1v) is 14.6. The molecule has 1 amide bonds. The molecule has 0 spiro atoms. The van der Waals surface area contributed by atoms with Crippen LogP contribution in [0.5, 0.6) is 0 Å². The van der Waals surface area contributed by atoms with Crippen LogP contribution in [0.4, 0.5) is 11.4 Å². The Bertz CT molecular complexity index is 1250. The minimum absolute atomic E-state index is 0.130. The number of halogens is 1. The van der Waals surface area contributed by atoms with Crippen LogP contribution in [-0.2, 0) is 13.1 Å². The minimum Gasteiger partial charge on any atom is -0.368 e. The van der Waals surface area contributed by atoms with Crippen molar-refractivity contribution in [3.05, 3.63) is 82.6 Å². The maximum absolute atomic E-state index is 13.9. The van der Waals surface area contributed by atoms with Crippen molar-refractivity contribution in [2.24, 2.45) is 5.73 Å². The van der Waals surface area contributed by atoms with Gasteiger partial charge in [-0.25, -0.2) is 0 Å². The number of hydrogen-bond acceptors (Lipinski definition) is 5. The number of anilines is 2. The third-order valence-electron chi connectivity index (χ3n) is 8.25. The molecule has 208 valence electrons. The Kier molecular flexibility index (Phi) is 8.80. The number of rotatable bonds is 8. The average Bonchev–Trinajstić information content (AvgIpc) is 3.27. The molecule has 2 aliphatic rings. The monoisotopic (exact) mass is 548 g/mol. The Labute approximate surface area is 237 Å². The number of nitrogens with zero attached hydrogens (tertiary/aromatic N) is 5. The van der Waals surface area contributed by atoms with Crippen molar-refractivity contribution >= 4 is 28.9 Å². The second-order valence-electron chi connectivity index (χ2n) is 10.8. The molecule has 39 heavy (non-hydrogen) atoms. The van der Waals surface area contributed by atoms with E-state index in [0.717, 1.165) is 81.7 Å². The molecule has 1 aromatic heterocycles. The maximum atomic E-state index is 13.9. The lowest BCUT2D eigenvalue weighted by Crippen LogP contribution is -2.54. The minimum atomic E-state index is 0.130. The molecule has 0 unspecified atom stereocenters. The second-order valence-corrected chi connectivity index (χ2v) is 11.2. The van der Waals surface area contributed by atoms with E-state index >= 15 is 0 Å². The van der Waals surface area contributed by atoms with Crippen molar-refractivity contribution in [1.29, 1.82) is 0 Å². The number of hydrogen-bond donors (Lipinski definition) is 1. The molecule has 1 atom stereocenters.